The van der Waals surface area contributed by atoms with Crippen LogP contribution in [0, 0.1) is 0 Å². The molecule has 1 aliphatic rings. The molecule has 3 rings (SSSR count). The van der Waals surface area contributed by atoms with Crippen molar-refractivity contribution in [3.05, 3.63) is 42.5 Å². The number of morpholine rings is 1. The van der Waals surface area contributed by atoms with Crippen LogP contribution in [-0.2, 0) is 19.1 Å². The van der Waals surface area contributed by atoms with Gasteiger partial charge in [-0.1, -0.05) is 18.2 Å². The molecule has 13 nitrogen and oxygen atoms in total. The third-order valence-electron chi connectivity index (χ3n) is 4.80. The molecule has 1 atom stereocenters. The molecule has 1 aromatic heterocycles. The smallest absolute Gasteiger partial charge is 0.408 e. The number of para-hydroxylation sites is 1. The minimum absolute atomic E-state index is 0.0150. The van der Waals surface area contributed by atoms with E-state index in [1.54, 1.807) is 49.9 Å². The quantitative estimate of drug-likeness (QED) is 0.272. The third-order valence-corrected chi connectivity index (χ3v) is 4.80. The topological polar surface area (TPSA) is 170 Å². The Balaban J connectivity index is 1.64. The molecule has 0 spiro atoms. The Morgan fingerprint density at radius 2 is 1.84 bits per heavy atom. The lowest BCUT2D eigenvalue weighted by atomic mass is 10.2. The number of hydrogen-bond acceptors (Lipinski definition) is 11. The minimum atomic E-state index is -1.01. The summed E-state index contributed by atoms with van der Waals surface area (Å²) in [5.41, 5.74) is 5.52. The van der Waals surface area contributed by atoms with Gasteiger partial charge in [0.2, 0.25) is 12.1 Å². The van der Waals surface area contributed by atoms with Crippen molar-refractivity contribution in [2.45, 2.75) is 32.5 Å². The highest BCUT2D eigenvalue weighted by molar-refractivity contribution is 5.93. The molecular weight excluding hydrogens is 482 g/mol. The predicted molar refractivity (Wildman–Crippen MR) is 134 cm³/mol. The Kier molecular flexibility index (Phi) is 9.46. The van der Waals surface area contributed by atoms with E-state index >= 15 is 0 Å². The molecule has 0 radical (unpaired) electrons. The number of nitrogen functional groups attached to an aromatic ring is 1. The number of pyridine rings is 1. The summed E-state index contributed by atoms with van der Waals surface area (Å²) in [6.07, 6.45) is -1.73. The molecule has 37 heavy (non-hydrogen) atoms. The number of nitrogens with one attached hydrogen (secondary N) is 2. The largest absolute Gasteiger partial charge is 0.444 e. The van der Waals surface area contributed by atoms with Crippen molar-refractivity contribution in [1.82, 2.24) is 15.2 Å². The summed E-state index contributed by atoms with van der Waals surface area (Å²) in [5, 5.41) is 13.2. The second kappa shape index (κ2) is 12.7. The fourth-order valence-electron chi connectivity index (χ4n) is 3.14. The van der Waals surface area contributed by atoms with Crippen LogP contribution in [0.15, 0.2) is 52.7 Å². The van der Waals surface area contributed by atoms with Crippen molar-refractivity contribution < 1.29 is 28.6 Å². The molecule has 1 unspecified atom stereocenters. The highest BCUT2D eigenvalue weighted by Crippen LogP contribution is 2.23. The first kappa shape index (κ1) is 27.5. The predicted octanol–water partition coefficient (Wildman–Crippen LogP) is 2.47. The number of hydrogen-bond donors (Lipinski definition) is 3. The zero-order chi connectivity index (χ0) is 26.8. The maximum Gasteiger partial charge on any atom is 0.408 e. The van der Waals surface area contributed by atoms with E-state index in [0.717, 1.165) is 0 Å². The number of esters is 1. The summed E-state index contributed by atoms with van der Waals surface area (Å²) in [7, 11) is 0. The lowest BCUT2D eigenvalue weighted by Crippen LogP contribution is -2.47. The third kappa shape index (κ3) is 9.13. The molecule has 198 valence electrons. The summed E-state index contributed by atoms with van der Waals surface area (Å²) in [5.74, 6) is -0.587. The number of aromatic nitrogens is 1. The molecule has 2 amide bonds. The molecule has 0 bridgehead atoms. The van der Waals surface area contributed by atoms with E-state index in [-0.39, 0.29) is 23.9 Å². The molecule has 0 aliphatic carbocycles. The van der Waals surface area contributed by atoms with Crippen LogP contribution in [0.2, 0.25) is 0 Å². The molecule has 0 saturated carbocycles. The van der Waals surface area contributed by atoms with Gasteiger partial charge in [0.15, 0.2) is 5.82 Å². The van der Waals surface area contributed by atoms with E-state index in [1.807, 2.05) is 6.07 Å². The number of anilines is 2. The number of azo groups is 1. The van der Waals surface area contributed by atoms with Gasteiger partial charge in [-0.2, -0.15) is 5.11 Å². The van der Waals surface area contributed by atoms with Crippen LogP contribution >= 0.6 is 0 Å². The number of benzene rings is 1. The molecule has 13 heteroatoms. The number of nitrogens with zero attached hydrogens (tertiary/aromatic N) is 4. The fraction of sp³-hybridized carbons (Fsp3) is 0.417. The van der Waals surface area contributed by atoms with E-state index in [4.69, 9.17) is 19.9 Å². The second-order valence-corrected chi connectivity index (χ2v) is 8.98. The van der Waals surface area contributed by atoms with Crippen molar-refractivity contribution in [1.29, 1.82) is 0 Å². The van der Waals surface area contributed by atoms with Gasteiger partial charge < -0.3 is 30.6 Å². The first-order chi connectivity index (χ1) is 17.6. The van der Waals surface area contributed by atoms with Crippen molar-refractivity contribution in [2.75, 3.05) is 43.9 Å². The number of nitrogens with two attached hydrogens (primary N) is 1. The van der Waals surface area contributed by atoms with E-state index in [1.165, 1.54) is 12.1 Å². The number of ether oxygens (including phenoxy) is 3. The number of carbonyl (C=O) groups is 3. The highest BCUT2D eigenvalue weighted by Gasteiger charge is 2.29. The van der Waals surface area contributed by atoms with E-state index in [9.17, 15) is 14.4 Å². The first-order valence-electron chi connectivity index (χ1n) is 11.6. The average Bonchev–Trinajstić information content (AvgIpc) is 2.84. The fourth-order valence-corrected chi connectivity index (χ4v) is 3.14. The second-order valence-electron chi connectivity index (χ2n) is 8.98. The van der Waals surface area contributed by atoms with Crippen LogP contribution in [0.1, 0.15) is 20.8 Å². The van der Waals surface area contributed by atoms with Gasteiger partial charge >= 0.3 is 12.1 Å². The average molecular weight is 514 g/mol. The van der Waals surface area contributed by atoms with Gasteiger partial charge in [0.05, 0.1) is 13.2 Å². The van der Waals surface area contributed by atoms with Crippen molar-refractivity contribution in [3.63, 3.8) is 0 Å². The van der Waals surface area contributed by atoms with Crippen LogP contribution in [-0.4, -0.2) is 72.5 Å². The maximum absolute atomic E-state index is 12.9. The Bertz CT molecular complexity index is 1110. The Morgan fingerprint density at radius 1 is 1.14 bits per heavy atom. The van der Waals surface area contributed by atoms with E-state index < -0.39 is 29.7 Å². The standard InChI is InChI=1S/C24H31N7O6/c1-24(2,3)37-23(34)26-15-19(32)27-18-10-9-17(20(25)28-18)29-30-21(31-11-13-35-14-12-31)22(33)36-16-7-5-4-6-8-16/h4-10,21H,11-15H2,1-3H3,(H,26,34)(H3,25,27,28,32). The van der Waals surface area contributed by atoms with Crippen molar-refractivity contribution in [3.8, 4) is 5.75 Å². The van der Waals surface area contributed by atoms with Gasteiger partial charge in [0, 0.05) is 13.1 Å². The van der Waals surface area contributed by atoms with Gasteiger partial charge in [0.1, 0.15) is 29.4 Å². The molecule has 1 aliphatic heterocycles. The first-order valence-corrected chi connectivity index (χ1v) is 11.6. The lowest BCUT2D eigenvalue weighted by molar-refractivity contribution is -0.142. The van der Waals surface area contributed by atoms with Gasteiger partial charge in [-0.05, 0) is 45.0 Å². The Morgan fingerprint density at radius 3 is 2.49 bits per heavy atom. The van der Waals surface area contributed by atoms with E-state index in [2.05, 4.69) is 25.8 Å². The molecule has 2 aromatic rings. The normalized spacial score (nSPS) is 15.1. The molecule has 4 N–H and O–H groups in total. The zero-order valence-electron chi connectivity index (χ0n) is 21.0. The SMILES string of the molecule is CC(C)(C)OC(=O)NCC(=O)Nc1ccc(N=NC(C(=O)Oc2ccccc2)N2CCOCC2)c(N)n1. The molecule has 2 heterocycles. The van der Waals surface area contributed by atoms with Crippen LogP contribution in [0.3, 0.4) is 0 Å². The van der Waals surface area contributed by atoms with Gasteiger partial charge in [-0.3, -0.25) is 9.69 Å². The van der Waals surface area contributed by atoms with Crippen molar-refractivity contribution in [2.24, 2.45) is 10.2 Å². The van der Waals surface area contributed by atoms with E-state index in [0.29, 0.717) is 32.1 Å². The maximum atomic E-state index is 12.9. The van der Waals surface area contributed by atoms with Gasteiger partial charge in [-0.15, -0.1) is 5.11 Å². The molecular formula is C24H31N7O6. The number of rotatable bonds is 8. The van der Waals surface area contributed by atoms with Gasteiger partial charge in [-0.25, -0.2) is 14.6 Å². The van der Waals surface area contributed by atoms with Crippen molar-refractivity contribution >= 4 is 35.3 Å². The molecule has 1 saturated heterocycles. The molecule has 1 fully saturated rings. The lowest BCUT2D eigenvalue weighted by Gasteiger charge is -2.29. The summed E-state index contributed by atoms with van der Waals surface area (Å²) in [6, 6.07) is 11.6. The minimum Gasteiger partial charge on any atom is -0.444 e. The van der Waals surface area contributed by atoms with Crippen LogP contribution < -0.4 is 21.1 Å². The number of amides is 2. The number of alkyl carbamates (subject to hydrolysis) is 1. The monoisotopic (exact) mass is 513 g/mol. The summed E-state index contributed by atoms with van der Waals surface area (Å²) in [4.78, 5) is 42.6. The molecule has 1 aromatic carbocycles. The van der Waals surface area contributed by atoms with Crippen LogP contribution in [0.5, 0.6) is 5.75 Å². The van der Waals surface area contributed by atoms with Gasteiger partial charge in [0.25, 0.3) is 0 Å². The van der Waals surface area contributed by atoms with Crippen LogP contribution in [0.4, 0.5) is 22.1 Å². The summed E-state index contributed by atoms with van der Waals surface area (Å²) >= 11 is 0. The number of carbonyl (C=O) groups excluding carboxylic acids is 3. The van der Waals surface area contributed by atoms with Crippen LogP contribution in [0.25, 0.3) is 0 Å². The highest BCUT2D eigenvalue weighted by atomic mass is 16.6. The Labute approximate surface area is 214 Å². The summed E-state index contributed by atoms with van der Waals surface area (Å²) < 4.78 is 15.9. The zero-order valence-corrected chi connectivity index (χ0v) is 21.0. The summed E-state index contributed by atoms with van der Waals surface area (Å²) in [6.45, 7) is 6.68. The Hall–Kier alpha value is -4.10.